The van der Waals surface area contributed by atoms with Gasteiger partial charge in [-0.25, -0.2) is 0 Å². The number of hydrogen-bond acceptors (Lipinski definition) is 5. The number of rotatable bonds is 5. The van der Waals surface area contributed by atoms with Gasteiger partial charge in [0, 0.05) is 0 Å². The Balaban J connectivity index is 4.18. The minimum absolute atomic E-state index is 0.123. The van der Waals surface area contributed by atoms with E-state index >= 15 is 0 Å². The number of terminal acetylenes is 1. The fourth-order valence-electron chi connectivity index (χ4n) is 0.937. The van der Waals surface area contributed by atoms with Gasteiger partial charge in [0.05, 0.1) is 12.3 Å². The Hall–Kier alpha value is -2.01. The molecule has 0 heterocycles. The van der Waals surface area contributed by atoms with Crippen LogP contribution in [-0.2, 0) is 19.1 Å². The molecule has 92 valence electrons. The normalized spacial score (nSPS) is 11.8. The minimum Gasteiger partial charge on any atom is -0.452 e. The summed E-state index contributed by atoms with van der Waals surface area (Å²) >= 11 is 0. The standard InChI is InChI=1S/C12H15NO4/c1-5-6-16-11(15)9(2)7-10(14)17-12(3,4)8-13/h1,9H,6-7H2,2-4H3. The highest BCUT2D eigenvalue weighted by Gasteiger charge is 2.25. The van der Waals surface area contributed by atoms with E-state index in [4.69, 9.17) is 16.4 Å². The molecule has 17 heavy (non-hydrogen) atoms. The third kappa shape index (κ3) is 6.21. The van der Waals surface area contributed by atoms with Crippen molar-refractivity contribution in [1.82, 2.24) is 0 Å². The molecule has 0 fully saturated rings. The number of nitrogens with zero attached hydrogens (tertiary/aromatic N) is 1. The second-order valence-electron chi connectivity index (χ2n) is 4.01. The SMILES string of the molecule is C#CCOC(=O)C(C)CC(=O)OC(C)(C)C#N. The van der Waals surface area contributed by atoms with E-state index in [9.17, 15) is 9.59 Å². The van der Waals surface area contributed by atoms with Crippen molar-refractivity contribution in [3.05, 3.63) is 0 Å². The first-order chi connectivity index (χ1) is 7.82. The Morgan fingerprint density at radius 2 is 2.06 bits per heavy atom. The first kappa shape index (κ1) is 15.0. The van der Waals surface area contributed by atoms with Crippen molar-refractivity contribution < 1.29 is 19.1 Å². The lowest BCUT2D eigenvalue weighted by atomic mass is 10.1. The predicted molar refractivity (Wildman–Crippen MR) is 59.4 cm³/mol. The third-order valence-electron chi connectivity index (χ3n) is 1.81. The summed E-state index contributed by atoms with van der Waals surface area (Å²) in [4.78, 5) is 22.7. The second-order valence-corrected chi connectivity index (χ2v) is 4.01. The zero-order chi connectivity index (χ0) is 13.5. The maximum Gasteiger partial charge on any atom is 0.310 e. The molecule has 0 aromatic heterocycles. The summed E-state index contributed by atoms with van der Waals surface area (Å²) in [5.41, 5.74) is -1.19. The summed E-state index contributed by atoms with van der Waals surface area (Å²) in [6, 6.07) is 1.82. The van der Waals surface area contributed by atoms with Crippen LogP contribution < -0.4 is 0 Å². The third-order valence-corrected chi connectivity index (χ3v) is 1.81. The molecule has 0 saturated heterocycles. The second kappa shape index (κ2) is 6.55. The van der Waals surface area contributed by atoms with Crippen LogP contribution in [0.1, 0.15) is 27.2 Å². The van der Waals surface area contributed by atoms with Gasteiger partial charge < -0.3 is 9.47 Å². The highest BCUT2D eigenvalue weighted by atomic mass is 16.6. The van der Waals surface area contributed by atoms with Gasteiger partial charge >= 0.3 is 11.9 Å². The number of esters is 2. The van der Waals surface area contributed by atoms with Gasteiger partial charge in [0.25, 0.3) is 0 Å². The molecule has 5 heteroatoms. The number of hydrogen-bond donors (Lipinski definition) is 0. The van der Waals surface area contributed by atoms with E-state index in [1.807, 2.05) is 6.07 Å². The summed E-state index contributed by atoms with van der Waals surface area (Å²) in [6.45, 7) is 4.33. The zero-order valence-electron chi connectivity index (χ0n) is 10.1. The number of carbonyl (C=O) groups is 2. The lowest BCUT2D eigenvalue weighted by molar-refractivity contribution is -0.158. The monoisotopic (exact) mass is 237 g/mol. The maximum absolute atomic E-state index is 11.4. The quantitative estimate of drug-likeness (QED) is 0.527. The first-order valence-corrected chi connectivity index (χ1v) is 5.05. The smallest absolute Gasteiger partial charge is 0.310 e. The maximum atomic E-state index is 11.4. The van der Waals surface area contributed by atoms with Crippen LogP contribution in [-0.4, -0.2) is 24.1 Å². The number of nitriles is 1. The topological polar surface area (TPSA) is 76.4 Å². The van der Waals surface area contributed by atoms with Gasteiger partial charge in [0.1, 0.15) is 6.07 Å². The average Bonchev–Trinajstić information content (AvgIpc) is 2.24. The Morgan fingerprint density at radius 3 is 2.53 bits per heavy atom. The van der Waals surface area contributed by atoms with E-state index in [-0.39, 0.29) is 13.0 Å². The van der Waals surface area contributed by atoms with Gasteiger partial charge in [-0.1, -0.05) is 12.8 Å². The van der Waals surface area contributed by atoms with Crippen LogP contribution in [0.5, 0.6) is 0 Å². The van der Waals surface area contributed by atoms with Crippen LogP contribution >= 0.6 is 0 Å². The Morgan fingerprint density at radius 1 is 1.47 bits per heavy atom. The summed E-state index contributed by atoms with van der Waals surface area (Å²) in [7, 11) is 0. The minimum atomic E-state index is -1.19. The van der Waals surface area contributed by atoms with Crippen molar-refractivity contribution >= 4 is 11.9 Å². The van der Waals surface area contributed by atoms with Crippen LogP contribution in [0.25, 0.3) is 0 Å². The van der Waals surface area contributed by atoms with Gasteiger partial charge in [-0.2, -0.15) is 5.26 Å². The van der Waals surface area contributed by atoms with E-state index in [0.717, 1.165) is 0 Å². The Kier molecular flexibility index (Phi) is 5.77. The van der Waals surface area contributed by atoms with Gasteiger partial charge in [0.2, 0.25) is 0 Å². The van der Waals surface area contributed by atoms with E-state index in [0.29, 0.717) is 0 Å². The lowest BCUT2D eigenvalue weighted by Gasteiger charge is -2.17. The van der Waals surface area contributed by atoms with Crippen molar-refractivity contribution in [2.75, 3.05) is 6.61 Å². The van der Waals surface area contributed by atoms with Crippen LogP contribution in [0.15, 0.2) is 0 Å². The van der Waals surface area contributed by atoms with Gasteiger partial charge in [0.15, 0.2) is 12.2 Å². The fourth-order valence-corrected chi connectivity index (χ4v) is 0.937. The molecule has 0 aliphatic rings. The fraction of sp³-hybridized carbons (Fsp3) is 0.583. The van der Waals surface area contributed by atoms with Crippen molar-refractivity contribution in [1.29, 1.82) is 5.26 Å². The molecule has 0 spiro atoms. The van der Waals surface area contributed by atoms with E-state index in [2.05, 4.69) is 10.7 Å². The average molecular weight is 237 g/mol. The van der Waals surface area contributed by atoms with Crippen LogP contribution in [0, 0.1) is 29.6 Å². The molecule has 0 saturated carbocycles. The molecule has 0 rings (SSSR count). The Labute approximate surface area is 101 Å². The van der Waals surface area contributed by atoms with Crippen LogP contribution in [0.2, 0.25) is 0 Å². The Bertz CT molecular complexity index is 373. The van der Waals surface area contributed by atoms with Crippen LogP contribution in [0.4, 0.5) is 0 Å². The molecule has 0 aromatic rings. The highest BCUT2D eigenvalue weighted by Crippen LogP contribution is 2.12. The molecule has 0 aliphatic heterocycles. The summed E-state index contributed by atoms with van der Waals surface area (Å²) < 4.78 is 9.53. The predicted octanol–water partition coefficient (Wildman–Crippen LogP) is 1.03. The van der Waals surface area contributed by atoms with Crippen molar-refractivity contribution in [2.45, 2.75) is 32.8 Å². The van der Waals surface area contributed by atoms with Gasteiger partial charge in [-0.15, -0.1) is 6.42 Å². The lowest BCUT2D eigenvalue weighted by Crippen LogP contribution is -2.28. The van der Waals surface area contributed by atoms with Crippen molar-refractivity contribution in [2.24, 2.45) is 5.92 Å². The van der Waals surface area contributed by atoms with Crippen molar-refractivity contribution in [3.63, 3.8) is 0 Å². The van der Waals surface area contributed by atoms with Gasteiger partial charge in [-0.05, 0) is 13.8 Å². The molecule has 0 radical (unpaired) electrons. The molecular weight excluding hydrogens is 222 g/mol. The van der Waals surface area contributed by atoms with E-state index < -0.39 is 23.5 Å². The molecule has 0 N–H and O–H groups in total. The molecule has 1 unspecified atom stereocenters. The highest BCUT2D eigenvalue weighted by molar-refractivity contribution is 5.80. The zero-order valence-corrected chi connectivity index (χ0v) is 10.1. The first-order valence-electron chi connectivity index (χ1n) is 5.05. The number of ether oxygens (including phenoxy) is 2. The summed E-state index contributed by atoms with van der Waals surface area (Å²) in [5.74, 6) is 0.320. The molecule has 5 nitrogen and oxygen atoms in total. The largest absolute Gasteiger partial charge is 0.452 e. The summed E-state index contributed by atoms with van der Waals surface area (Å²) in [5, 5.41) is 8.66. The number of carbonyl (C=O) groups excluding carboxylic acids is 2. The molecule has 0 amide bonds. The van der Waals surface area contributed by atoms with E-state index in [1.165, 1.54) is 20.8 Å². The molecule has 0 bridgehead atoms. The molecule has 0 aromatic carbocycles. The summed E-state index contributed by atoms with van der Waals surface area (Å²) in [6.07, 6.45) is 4.78. The molecule has 0 aliphatic carbocycles. The van der Waals surface area contributed by atoms with Crippen LogP contribution in [0.3, 0.4) is 0 Å². The van der Waals surface area contributed by atoms with E-state index in [1.54, 1.807) is 0 Å². The molecule has 1 atom stereocenters. The molecular formula is C12H15NO4. The van der Waals surface area contributed by atoms with Crippen molar-refractivity contribution in [3.8, 4) is 18.4 Å². The van der Waals surface area contributed by atoms with Gasteiger partial charge in [-0.3, -0.25) is 9.59 Å².